The molecular weight excluding hydrogens is 312 g/mol. The van der Waals surface area contributed by atoms with Gasteiger partial charge in [-0.25, -0.2) is 4.39 Å². The lowest BCUT2D eigenvalue weighted by Crippen LogP contribution is -2.14. The summed E-state index contributed by atoms with van der Waals surface area (Å²) in [5, 5.41) is 4.26. The largest absolute Gasteiger partial charge is 0.488 e. The minimum atomic E-state index is -0.339. The third-order valence-corrected chi connectivity index (χ3v) is 3.87. The van der Waals surface area contributed by atoms with Gasteiger partial charge in [0.05, 0.1) is 0 Å². The molecule has 2 rings (SSSR count). The Kier molecular flexibility index (Phi) is 5.45. The van der Waals surface area contributed by atoms with Gasteiger partial charge in [0.25, 0.3) is 0 Å². The van der Waals surface area contributed by atoms with Crippen molar-refractivity contribution in [2.45, 2.75) is 19.6 Å². The minimum absolute atomic E-state index is 0.0513. The van der Waals surface area contributed by atoms with Crippen molar-refractivity contribution in [1.82, 2.24) is 5.32 Å². The zero-order valence-corrected chi connectivity index (χ0v) is 13.3. The van der Waals surface area contributed by atoms with Gasteiger partial charge in [0, 0.05) is 33.3 Å². The highest BCUT2D eigenvalue weighted by molar-refractivity contribution is 6.33. The fraction of sp³-hybridized carbons (Fsp3) is 0.250. The normalized spacial score (nSPS) is 12.2. The van der Waals surface area contributed by atoms with Crippen LogP contribution in [0.15, 0.2) is 36.4 Å². The first-order chi connectivity index (χ1) is 10.0. The number of hydrogen-bond donors (Lipinski definition) is 1. The van der Waals surface area contributed by atoms with E-state index in [1.807, 2.05) is 14.0 Å². The SMILES string of the molecule is CNC(C)c1ccc(F)cc1OCc1cc(Cl)ccc1Cl. The quantitative estimate of drug-likeness (QED) is 0.835. The van der Waals surface area contributed by atoms with Gasteiger partial charge in [-0.05, 0) is 38.2 Å². The van der Waals surface area contributed by atoms with E-state index in [1.165, 1.54) is 12.1 Å². The first-order valence-corrected chi connectivity index (χ1v) is 7.30. The van der Waals surface area contributed by atoms with Crippen LogP contribution in [0.25, 0.3) is 0 Å². The maximum Gasteiger partial charge on any atom is 0.127 e. The Hall–Kier alpha value is -1.29. The second-order valence-corrected chi connectivity index (χ2v) is 5.56. The minimum Gasteiger partial charge on any atom is -0.488 e. The molecule has 0 radical (unpaired) electrons. The van der Waals surface area contributed by atoms with E-state index >= 15 is 0 Å². The fourth-order valence-corrected chi connectivity index (χ4v) is 2.32. The molecule has 0 aromatic heterocycles. The summed E-state index contributed by atoms with van der Waals surface area (Å²) in [6.45, 7) is 2.21. The van der Waals surface area contributed by atoms with Crippen molar-refractivity contribution in [2.24, 2.45) is 0 Å². The Morgan fingerprint density at radius 3 is 2.67 bits per heavy atom. The first kappa shape index (κ1) is 16.1. The van der Waals surface area contributed by atoms with Crippen molar-refractivity contribution < 1.29 is 9.13 Å². The predicted molar refractivity (Wildman–Crippen MR) is 84.7 cm³/mol. The highest BCUT2D eigenvalue weighted by atomic mass is 35.5. The van der Waals surface area contributed by atoms with E-state index < -0.39 is 0 Å². The lowest BCUT2D eigenvalue weighted by molar-refractivity contribution is 0.298. The number of hydrogen-bond acceptors (Lipinski definition) is 2. The lowest BCUT2D eigenvalue weighted by atomic mass is 10.1. The average molecular weight is 328 g/mol. The van der Waals surface area contributed by atoms with Crippen LogP contribution in [0.3, 0.4) is 0 Å². The van der Waals surface area contributed by atoms with Crippen LogP contribution in [0.4, 0.5) is 4.39 Å². The van der Waals surface area contributed by atoms with E-state index in [1.54, 1.807) is 24.3 Å². The maximum absolute atomic E-state index is 13.4. The van der Waals surface area contributed by atoms with E-state index in [0.717, 1.165) is 11.1 Å². The summed E-state index contributed by atoms with van der Waals surface area (Å²) in [5.74, 6) is 0.155. The lowest BCUT2D eigenvalue weighted by Gasteiger charge is -2.17. The van der Waals surface area contributed by atoms with Gasteiger partial charge in [0.2, 0.25) is 0 Å². The monoisotopic (exact) mass is 327 g/mol. The van der Waals surface area contributed by atoms with E-state index in [0.29, 0.717) is 15.8 Å². The Morgan fingerprint density at radius 2 is 1.95 bits per heavy atom. The van der Waals surface area contributed by atoms with Crippen molar-refractivity contribution in [3.05, 3.63) is 63.4 Å². The van der Waals surface area contributed by atoms with Gasteiger partial charge in [-0.3, -0.25) is 0 Å². The smallest absolute Gasteiger partial charge is 0.127 e. The number of ether oxygens (including phenoxy) is 1. The molecule has 2 aromatic rings. The summed E-state index contributed by atoms with van der Waals surface area (Å²) in [5.41, 5.74) is 1.65. The highest BCUT2D eigenvalue weighted by Gasteiger charge is 2.12. The zero-order valence-electron chi connectivity index (χ0n) is 11.8. The van der Waals surface area contributed by atoms with E-state index in [9.17, 15) is 4.39 Å². The number of rotatable bonds is 5. The third-order valence-electron chi connectivity index (χ3n) is 3.27. The van der Waals surface area contributed by atoms with Crippen LogP contribution in [0.1, 0.15) is 24.1 Å². The van der Waals surface area contributed by atoms with Crippen LogP contribution in [0.2, 0.25) is 10.0 Å². The molecule has 0 aliphatic heterocycles. The van der Waals surface area contributed by atoms with Crippen LogP contribution in [-0.4, -0.2) is 7.05 Å². The molecule has 2 aromatic carbocycles. The van der Waals surface area contributed by atoms with E-state index in [2.05, 4.69) is 5.32 Å². The molecule has 2 nitrogen and oxygen atoms in total. The van der Waals surface area contributed by atoms with E-state index in [4.69, 9.17) is 27.9 Å². The molecule has 0 bridgehead atoms. The molecule has 0 aliphatic rings. The molecule has 1 N–H and O–H groups in total. The molecule has 0 aliphatic carbocycles. The molecule has 0 saturated heterocycles. The number of benzene rings is 2. The molecule has 0 saturated carbocycles. The first-order valence-electron chi connectivity index (χ1n) is 6.54. The van der Waals surface area contributed by atoms with E-state index in [-0.39, 0.29) is 18.5 Å². The Morgan fingerprint density at radius 1 is 1.19 bits per heavy atom. The van der Waals surface area contributed by atoms with Crippen molar-refractivity contribution >= 4 is 23.2 Å². The van der Waals surface area contributed by atoms with Gasteiger partial charge in [0.15, 0.2) is 0 Å². The predicted octanol–water partition coefficient (Wildman–Crippen LogP) is 4.99. The van der Waals surface area contributed by atoms with Gasteiger partial charge in [0.1, 0.15) is 18.2 Å². The second kappa shape index (κ2) is 7.12. The molecule has 0 amide bonds. The van der Waals surface area contributed by atoms with Crippen LogP contribution in [0, 0.1) is 5.82 Å². The topological polar surface area (TPSA) is 21.3 Å². The Bertz CT molecular complexity index is 634. The standard InChI is InChI=1S/C16H16Cl2FNO/c1-10(20-2)14-5-4-13(19)8-16(14)21-9-11-7-12(17)3-6-15(11)18/h3-8,10,20H,9H2,1-2H3. The molecule has 0 heterocycles. The second-order valence-electron chi connectivity index (χ2n) is 4.72. The van der Waals surface area contributed by atoms with Gasteiger partial charge in [-0.2, -0.15) is 0 Å². The summed E-state index contributed by atoms with van der Waals surface area (Å²) in [6, 6.07) is 9.73. The summed E-state index contributed by atoms with van der Waals surface area (Å²) in [6.07, 6.45) is 0. The van der Waals surface area contributed by atoms with Crippen LogP contribution in [0.5, 0.6) is 5.75 Å². The van der Waals surface area contributed by atoms with Gasteiger partial charge < -0.3 is 10.1 Å². The number of halogens is 3. The van der Waals surface area contributed by atoms with Crippen LogP contribution in [-0.2, 0) is 6.61 Å². The molecule has 0 fully saturated rings. The zero-order chi connectivity index (χ0) is 15.4. The maximum atomic E-state index is 13.4. The third kappa shape index (κ3) is 4.10. The van der Waals surface area contributed by atoms with Crippen molar-refractivity contribution in [2.75, 3.05) is 7.05 Å². The van der Waals surface area contributed by atoms with Crippen LogP contribution >= 0.6 is 23.2 Å². The Balaban J connectivity index is 2.23. The molecule has 112 valence electrons. The van der Waals surface area contributed by atoms with Gasteiger partial charge >= 0.3 is 0 Å². The molecule has 1 unspecified atom stereocenters. The summed E-state index contributed by atoms with van der Waals surface area (Å²) >= 11 is 12.0. The molecule has 0 spiro atoms. The van der Waals surface area contributed by atoms with Gasteiger partial charge in [-0.1, -0.05) is 29.3 Å². The number of nitrogens with one attached hydrogen (secondary N) is 1. The molecule has 21 heavy (non-hydrogen) atoms. The molecule has 5 heteroatoms. The summed E-state index contributed by atoms with van der Waals surface area (Å²) in [4.78, 5) is 0. The summed E-state index contributed by atoms with van der Waals surface area (Å²) < 4.78 is 19.2. The van der Waals surface area contributed by atoms with Crippen molar-refractivity contribution in [1.29, 1.82) is 0 Å². The van der Waals surface area contributed by atoms with Crippen molar-refractivity contribution in [3.8, 4) is 5.75 Å². The Labute approximate surface area is 133 Å². The molecular formula is C16H16Cl2FNO. The van der Waals surface area contributed by atoms with Crippen molar-refractivity contribution in [3.63, 3.8) is 0 Å². The van der Waals surface area contributed by atoms with Gasteiger partial charge in [-0.15, -0.1) is 0 Å². The average Bonchev–Trinajstić information content (AvgIpc) is 2.47. The van der Waals surface area contributed by atoms with Crippen LogP contribution < -0.4 is 10.1 Å². The highest BCUT2D eigenvalue weighted by Crippen LogP contribution is 2.28. The fourth-order valence-electron chi connectivity index (χ4n) is 1.96. The summed E-state index contributed by atoms with van der Waals surface area (Å²) in [7, 11) is 1.84. The molecule has 1 atom stereocenters.